The van der Waals surface area contributed by atoms with Crippen LogP contribution in [0.2, 0.25) is 0 Å². The average Bonchev–Trinajstić information content (AvgIpc) is 1.68. The van der Waals surface area contributed by atoms with Gasteiger partial charge in [0.25, 0.3) is 0 Å². The maximum absolute atomic E-state index is 10.1. The van der Waals surface area contributed by atoms with Crippen LogP contribution in [0.3, 0.4) is 0 Å². The van der Waals surface area contributed by atoms with Crippen molar-refractivity contribution in [3.8, 4) is 0 Å². The molecule has 0 aliphatic heterocycles. The molecule has 0 aliphatic rings. The molecular weight excluding hydrogens is 140 g/mol. The van der Waals surface area contributed by atoms with Crippen LogP contribution in [0.5, 0.6) is 0 Å². The van der Waals surface area contributed by atoms with Gasteiger partial charge in [0.2, 0.25) is 0 Å². The first-order valence-corrected chi connectivity index (χ1v) is 2.17. The van der Waals surface area contributed by atoms with E-state index in [0.717, 1.165) is 0 Å². The number of hydrogen-bond donors (Lipinski definition) is 1. The Kier molecular flexibility index (Phi) is 22.7. The summed E-state index contributed by atoms with van der Waals surface area (Å²) in [6.45, 7) is 2.14. The van der Waals surface area contributed by atoms with Crippen molar-refractivity contribution in [3.05, 3.63) is 0 Å². The molecule has 0 heterocycles. The van der Waals surface area contributed by atoms with Crippen LogP contribution >= 0.6 is 0 Å². The quantitative estimate of drug-likeness (QED) is 0.394. The molecule has 9 heavy (non-hydrogen) atoms. The molecule has 0 rings (SSSR count). The summed E-state index contributed by atoms with van der Waals surface area (Å²) in [7, 11) is 0. The molecule has 3 nitrogen and oxygen atoms in total. The fourth-order valence-corrected chi connectivity index (χ4v) is 0.220. The van der Waals surface area contributed by atoms with Crippen molar-refractivity contribution in [2.24, 2.45) is 5.73 Å². The van der Waals surface area contributed by atoms with Crippen LogP contribution in [0.25, 0.3) is 0 Å². The molecule has 0 amide bonds. The minimum Gasteiger partial charge on any atom is -0.465 e. The fourth-order valence-electron chi connectivity index (χ4n) is 0.220. The molecular formula is C4H9NNa2O2. The second-order valence-electron chi connectivity index (χ2n) is 1.01. The van der Waals surface area contributed by atoms with Gasteiger partial charge in [-0.05, 0) is 6.92 Å². The smallest absolute Gasteiger partial charge is 0.319 e. The number of esters is 1. The Hall–Kier alpha value is 1.43. The molecule has 0 fully saturated rings. The Bertz CT molecular complexity index is 69.6. The Morgan fingerprint density at radius 2 is 2.00 bits per heavy atom. The molecule has 0 aromatic rings. The molecule has 0 aliphatic carbocycles. The predicted octanol–water partition coefficient (Wildman–Crippen LogP) is -1.25. The van der Waals surface area contributed by atoms with Crippen molar-refractivity contribution in [2.75, 3.05) is 13.2 Å². The Morgan fingerprint density at radius 1 is 1.56 bits per heavy atom. The van der Waals surface area contributed by atoms with Gasteiger partial charge in [-0.2, -0.15) is 0 Å². The standard InChI is InChI=1S/C4H9NO2.2Na/c1-2-7-4(6)3-5;;/h2-3,5H2,1H3;;. The van der Waals surface area contributed by atoms with E-state index in [1.54, 1.807) is 6.92 Å². The molecule has 5 heteroatoms. The van der Waals surface area contributed by atoms with Gasteiger partial charge >= 0.3 is 5.97 Å². The normalized spacial score (nSPS) is 6.44. The van der Waals surface area contributed by atoms with E-state index in [2.05, 4.69) is 4.74 Å². The molecule has 0 bridgehead atoms. The molecule has 2 radical (unpaired) electrons. The molecule has 0 atom stereocenters. The Morgan fingerprint density at radius 3 is 2.11 bits per heavy atom. The van der Waals surface area contributed by atoms with E-state index in [4.69, 9.17) is 5.73 Å². The van der Waals surface area contributed by atoms with Crippen molar-refractivity contribution in [2.45, 2.75) is 6.92 Å². The number of carbonyl (C=O) groups is 1. The number of nitrogens with two attached hydrogens (primary N) is 1. The van der Waals surface area contributed by atoms with Gasteiger partial charge in [0, 0.05) is 59.1 Å². The van der Waals surface area contributed by atoms with Gasteiger partial charge < -0.3 is 10.5 Å². The first kappa shape index (κ1) is 16.8. The summed E-state index contributed by atoms with van der Waals surface area (Å²) in [6.07, 6.45) is 0. The van der Waals surface area contributed by atoms with E-state index in [-0.39, 0.29) is 71.6 Å². The van der Waals surface area contributed by atoms with Crippen molar-refractivity contribution < 1.29 is 9.53 Å². The van der Waals surface area contributed by atoms with E-state index in [1.165, 1.54) is 0 Å². The van der Waals surface area contributed by atoms with Crippen LogP contribution in [-0.4, -0.2) is 78.2 Å². The number of ether oxygens (including phenoxy) is 1. The first-order valence-electron chi connectivity index (χ1n) is 2.17. The first-order chi connectivity index (χ1) is 3.31. The third-order valence-corrected chi connectivity index (χ3v) is 0.472. The second kappa shape index (κ2) is 12.1. The summed E-state index contributed by atoms with van der Waals surface area (Å²) >= 11 is 0. The van der Waals surface area contributed by atoms with E-state index in [0.29, 0.717) is 6.61 Å². The topological polar surface area (TPSA) is 52.3 Å². The Balaban J connectivity index is -0.000000180. The minimum atomic E-state index is -0.345. The second-order valence-corrected chi connectivity index (χ2v) is 1.01. The monoisotopic (exact) mass is 149 g/mol. The number of hydrogen-bond acceptors (Lipinski definition) is 3. The predicted molar refractivity (Wildman–Crippen MR) is 37.2 cm³/mol. The van der Waals surface area contributed by atoms with Gasteiger partial charge in [0.15, 0.2) is 0 Å². The molecule has 0 saturated heterocycles. The van der Waals surface area contributed by atoms with E-state index >= 15 is 0 Å². The maximum Gasteiger partial charge on any atom is 0.319 e. The van der Waals surface area contributed by atoms with Crippen LogP contribution < -0.4 is 5.73 Å². The van der Waals surface area contributed by atoms with Gasteiger partial charge in [-0.3, -0.25) is 4.79 Å². The number of rotatable bonds is 2. The SMILES string of the molecule is CCOC(=O)CN.[Na].[Na]. The van der Waals surface area contributed by atoms with Crippen LogP contribution in [0.15, 0.2) is 0 Å². The average molecular weight is 149 g/mol. The molecule has 0 unspecified atom stereocenters. The minimum absolute atomic E-state index is 0. The van der Waals surface area contributed by atoms with E-state index in [9.17, 15) is 4.79 Å². The zero-order chi connectivity index (χ0) is 5.70. The van der Waals surface area contributed by atoms with Crippen LogP contribution in [0.1, 0.15) is 6.92 Å². The summed E-state index contributed by atoms with van der Waals surface area (Å²) in [5.74, 6) is -0.345. The molecule has 44 valence electrons. The van der Waals surface area contributed by atoms with Gasteiger partial charge in [-0.1, -0.05) is 0 Å². The fraction of sp³-hybridized carbons (Fsp3) is 0.750. The van der Waals surface area contributed by atoms with Crippen molar-refractivity contribution in [1.29, 1.82) is 0 Å². The van der Waals surface area contributed by atoms with Gasteiger partial charge in [0.05, 0.1) is 13.2 Å². The van der Waals surface area contributed by atoms with Crippen molar-refractivity contribution in [3.63, 3.8) is 0 Å². The van der Waals surface area contributed by atoms with Gasteiger partial charge in [0.1, 0.15) is 0 Å². The largest absolute Gasteiger partial charge is 0.465 e. The zero-order valence-corrected chi connectivity index (χ0v) is 10.3. The van der Waals surface area contributed by atoms with Crippen molar-refractivity contribution >= 4 is 65.1 Å². The van der Waals surface area contributed by atoms with Crippen LogP contribution in [0, 0.1) is 0 Å². The van der Waals surface area contributed by atoms with Gasteiger partial charge in [-0.15, -0.1) is 0 Å². The summed E-state index contributed by atoms with van der Waals surface area (Å²) < 4.78 is 4.43. The van der Waals surface area contributed by atoms with Gasteiger partial charge in [-0.25, -0.2) is 0 Å². The summed E-state index contributed by atoms with van der Waals surface area (Å²) in [5.41, 5.74) is 4.88. The zero-order valence-electron chi connectivity index (χ0n) is 6.31. The van der Waals surface area contributed by atoms with Crippen LogP contribution in [-0.2, 0) is 9.53 Å². The third kappa shape index (κ3) is 12.6. The van der Waals surface area contributed by atoms with E-state index in [1.807, 2.05) is 0 Å². The molecule has 0 aromatic carbocycles. The summed E-state index contributed by atoms with van der Waals surface area (Å²) in [5, 5.41) is 0. The molecule has 0 aromatic heterocycles. The summed E-state index contributed by atoms with van der Waals surface area (Å²) in [4.78, 5) is 10.1. The maximum atomic E-state index is 10.1. The van der Waals surface area contributed by atoms with Crippen LogP contribution in [0.4, 0.5) is 0 Å². The third-order valence-electron chi connectivity index (χ3n) is 0.472. The molecule has 0 spiro atoms. The summed E-state index contributed by atoms with van der Waals surface area (Å²) in [6, 6.07) is 0. The number of carbonyl (C=O) groups excluding carboxylic acids is 1. The molecule has 2 N–H and O–H groups in total. The van der Waals surface area contributed by atoms with E-state index < -0.39 is 0 Å². The van der Waals surface area contributed by atoms with Crippen molar-refractivity contribution in [1.82, 2.24) is 0 Å². The molecule has 0 saturated carbocycles. The Labute approximate surface area is 99.3 Å².